The van der Waals surface area contributed by atoms with Crippen LogP contribution in [0.1, 0.15) is 57.4 Å². The van der Waals surface area contributed by atoms with Crippen molar-refractivity contribution >= 4 is 0 Å². The summed E-state index contributed by atoms with van der Waals surface area (Å²) >= 11 is 0. The predicted molar refractivity (Wildman–Crippen MR) is 76.5 cm³/mol. The van der Waals surface area contributed by atoms with Crippen molar-refractivity contribution in [1.82, 2.24) is 10.1 Å². The normalized spacial score (nSPS) is 16.9. The van der Waals surface area contributed by atoms with Crippen LogP contribution in [0.25, 0.3) is 0 Å². The lowest BCUT2D eigenvalue weighted by molar-refractivity contribution is 0.161. The maximum Gasteiger partial charge on any atom is 0.151 e. The molecule has 0 radical (unpaired) electrons. The molecule has 1 aromatic heterocycles. The quantitative estimate of drug-likeness (QED) is 0.823. The fourth-order valence-corrected chi connectivity index (χ4v) is 2.81. The van der Waals surface area contributed by atoms with E-state index in [1.807, 2.05) is 6.07 Å². The average Bonchev–Trinajstić information content (AvgIpc) is 3.05. The second kappa shape index (κ2) is 7.06. The lowest BCUT2D eigenvalue weighted by atomic mass is 10.1. The first kappa shape index (κ1) is 14.5. The Morgan fingerprint density at radius 2 is 2.16 bits per heavy atom. The Balaban J connectivity index is 1.95. The number of hydrogen-bond donors (Lipinski definition) is 1. The van der Waals surface area contributed by atoms with Crippen molar-refractivity contribution in [2.45, 2.75) is 65.1 Å². The molecule has 1 heterocycles. The molecule has 0 spiro atoms. The summed E-state index contributed by atoms with van der Waals surface area (Å²) in [6.45, 7) is 7.06. The van der Waals surface area contributed by atoms with Crippen LogP contribution in [0.3, 0.4) is 0 Å². The van der Waals surface area contributed by atoms with Gasteiger partial charge in [-0.15, -0.1) is 0 Å². The molecule has 0 amide bonds. The number of rotatable bonds is 7. The number of aromatic nitrogens is 1. The highest BCUT2D eigenvalue weighted by Crippen LogP contribution is 2.25. The first-order valence-electron chi connectivity index (χ1n) is 7.57. The minimum atomic E-state index is 0.457. The van der Waals surface area contributed by atoms with Crippen molar-refractivity contribution in [3.63, 3.8) is 0 Å². The third-order valence-electron chi connectivity index (χ3n) is 4.01. The molecule has 0 bridgehead atoms. The Bertz CT molecular complexity index is 369. The maximum absolute atomic E-state index is 5.58. The Morgan fingerprint density at radius 1 is 1.42 bits per heavy atom. The fourth-order valence-electron chi connectivity index (χ4n) is 2.81. The van der Waals surface area contributed by atoms with Gasteiger partial charge in [-0.05, 0) is 31.7 Å². The Hall–Kier alpha value is -0.870. The zero-order valence-corrected chi connectivity index (χ0v) is 12.3. The van der Waals surface area contributed by atoms with Crippen LogP contribution in [-0.4, -0.2) is 22.6 Å². The van der Waals surface area contributed by atoms with E-state index in [-0.39, 0.29) is 0 Å². The fraction of sp³-hybridized carbons (Fsp3) is 0.800. The molecule has 0 saturated heterocycles. The maximum atomic E-state index is 5.58. The van der Waals surface area contributed by atoms with E-state index in [0.717, 1.165) is 36.5 Å². The highest BCUT2D eigenvalue weighted by Gasteiger charge is 2.23. The van der Waals surface area contributed by atoms with Crippen LogP contribution >= 0.6 is 0 Å². The molecular weight excluding hydrogens is 238 g/mol. The number of nitrogens with zero attached hydrogens (tertiary/aromatic N) is 2. The highest BCUT2D eigenvalue weighted by molar-refractivity contribution is 5.05. The second-order valence-corrected chi connectivity index (χ2v) is 6.08. The number of nitrogens with two attached hydrogens (primary N) is 1. The van der Waals surface area contributed by atoms with Gasteiger partial charge in [-0.3, -0.25) is 4.90 Å². The van der Waals surface area contributed by atoms with Gasteiger partial charge in [-0.2, -0.15) is 0 Å². The van der Waals surface area contributed by atoms with E-state index in [1.54, 1.807) is 0 Å². The van der Waals surface area contributed by atoms with Gasteiger partial charge < -0.3 is 10.3 Å². The molecule has 2 N–H and O–H groups in total. The van der Waals surface area contributed by atoms with Gasteiger partial charge in [-0.1, -0.05) is 31.8 Å². The molecule has 1 aromatic rings. The largest absolute Gasteiger partial charge is 0.360 e. The summed E-state index contributed by atoms with van der Waals surface area (Å²) < 4.78 is 5.38. The van der Waals surface area contributed by atoms with Gasteiger partial charge in [0.1, 0.15) is 0 Å². The van der Waals surface area contributed by atoms with Gasteiger partial charge >= 0.3 is 0 Å². The van der Waals surface area contributed by atoms with Gasteiger partial charge in [0.2, 0.25) is 0 Å². The van der Waals surface area contributed by atoms with E-state index in [9.17, 15) is 0 Å². The molecule has 2 rings (SSSR count). The third kappa shape index (κ3) is 4.32. The molecule has 108 valence electrons. The van der Waals surface area contributed by atoms with Crippen molar-refractivity contribution in [1.29, 1.82) is 0 Å². The topological polar surface area (TPSA) is 55.3 Å². The highest BCUT2D eigenvalue weighted by atomic mass is 16.5. The van der Waals surface area contributed by atoms with Crippen molar-refractivity contribution in [3.05, 3.63) is 17.5 Å². The zero-order chi connectivity index (χ0) is 13.7. The molecular formula is C15H27N3O. The van der Waals surface area contributed by atoms with Gasteiger partial charge in [-0.25, -0.2) is 0 Å². The minimum absolute atomic E-state index is 0.457. The monoisotopic (exact) mass is 265 g/mol. The van der Waals surface area contributed by atoms with Gasteiger partial charge in [0.25, 0.3) is 0 Å². The smallest absolute Gasteiger partial charge is 0.151 e. The van der Waals surface area contributed by atoms with Gasteiger partial charge in [0, 0.05) is 18.7 Å². The Labute approximate surface area is 116 Å². The van der Waals surface area contributed by atoms with Gasteiger partial charge in [0.05, 0.1) is 12.2 Å². The van der Waals surface area contributed by atoms with Crippen LogP contribution in [0.5, 0.6) is 0 Å². The van der Waals surface area contributed by atoms with Crippen LogP contribution in [-0.2, 0) is 13.1 Å². The first-order valence-corrected chi connectivity index (χ1v) is 7.57. The summed E-state index contributed by atoms with van der Waals surface area (Å²) in [6.07, 6.45) is 6.64. The second-order valence-electron chi connectivity index (χ2n) is 6.08. The molecule has 1 aliphatic carbocycles. The van der Waals surface area contributed by atoms with Crippen molar-refractivity contribution < 1.29 is 4.52 Å². The Morgan fingerprint density at radius 3 is 2.74 bits per heavy atom. The first-order chi connectivity index (χ1) is 9.19. The summed E-state index contributed by atoms with van der Waals surface area (Å²) in [5.74, 6) is 1.70. The lowest BCUT2D eigenvalue weighted by Crippen LogP contribution is -2.34. The van der Waals surface area contributed by atoms with E-state index in [0.29, 0.717) is 6.54 Å². The molecule has 19 heavy (non-hydrogen) atoms. The van der Waals surface area contributed by atoms with Crippen LogP contribution in [0, 0.1) is 5.92 Å². The van der Waals surface area contributed by atoms with Crippen LogP contribution in [0.2, 0.25) is 0 Å². The zero-order valence-electron chi connectivity index (χ0n) is 12.3. The predicted octanol–water partition coefficient (Wildman–Crippen LogP) is 2.92. The summed E-state index contributed by atoms with van der Waals surface area (Å²) in [7, 11) is 0. The van der Waals surface area contributed by atoms with E-state index in [4.69, 9.17) is 10.3 Å². The van der Waals surface area contributed by atoms with E-state index in [2.05, 4.69) is 23.9 Å². The van der Waals surface area contributed by atoms with Crippen molar-refractivity contribution in [2.75, 3.05) is 6.54 Å². The summed E-state index contributed by atoms with van der Waals surface area (Å²) in [6, 6.07) is 2.72. The lowest BCUT2D eigenvalue weighted by Gasteiger charge is -2.28. The molecule has 0 unspecified atom stereocenters. The van der Waals surface area contributed by atoms with Gasteiger partial charge in [0.15, 0.2) is 5.76 Å². The molecule has 1 fully saturated rings. The van der Waals surface area contributed by atoms with Crippen LogP contribution < -0.4 is 5.73 Å². The molecule has 0 atom stereocenters. The summed E-state index contributed by atoms with van der Waals surface area (Å²) in [5.41, 5.74) is 6.43. The third-order valence-corrected chi connectivity index (χ3v) is 4.01. The standard InChI is InChI=1S/C15H27N3O/c1-12(2)7-8-18(14-5-3-4-6-14)11-15-9-13(10-16)17-19-15/h9,12,14H,3-8,10-11,16H2,1-2H3. The number of hydrogen-bond acceptors (Lipinski definition) is 4. The molecule has 4 nitrogen and oxygen atoms in total. The molecule has 0 aliphatic heterocycles. The van der Waals surface area contributed by atoms with E-state index < -0.39 is 0 Å². The van der Waals surface area contributed by atoms with Crippen molar-refractivity contribution in [3.8, 4) is 0 Å². The average molecular weight is 265 g/mol. The van der Waals surface area contributed by atoms with Crippen molar-refractivity contribution in [2.24, 2.45) is 11.7 Å². The molecule has 1 aliphatic rings. The molecule has 4 heteroatoms. The van der Waals surface area contributed by atoms with Crippen LogP contribution in [0.15, 0.2) is 10.6 Å². The van der Waals surface area contributed by atoms with E-state index in [1.165, 1.54) is 32.1 Å². The SMILES string of the molecule is CC(C)CCN(Cc1cc(CN)no1)C1CCCC1. The van der Waals surface area contributed by atoms with Crippen LogP contribution in [0.4, 0.5) is 0 Å². The Kier molecular flexibility index (Phi) is 5.40. The minimum Gasteiger partial charge on any atom is -0.360 e. The van der Waals surface area contributed by atoms with E-state index >= 15 is 0 Å². The summed E-state index contributed by atoms with van der Waals surface area (Å²) in [5, 5.41) is 3.98. The summed E-state index contributed by atoms with van der Waals surface area (Å²) in [4.78, 5) is 2.58. The molecule has 1 saturated carbocycles. The molecule has 0 aromatic carbocycles.